The van der Waals surface area contributed by atoms with Crippen LogP contribution in [0.2, 0.25) is 0 Å². The van der Waals surface area contributed by atoms with Gasteiger partial charge in [-0.15, -0.1) is 0 Å². The standard InChI is InChI=1S/C15H18N4O/c1-3-19(13-7-5-4-6-10(13)2)15-12(14(17)20)8-11(16)9-18-15/h4-9H,3,16H2,1-2H3,(H2,17,20). The van der Waals surface area contributed by atoms with Gasteiger partial charge in [0.1, 0.15) is 5.82 Å². The molecule has 1 heterocycles. The molecule has 4 N–H and O–H groups in total. The Balaban J connectivity index is 2.58. The van der Waals surface area contributed by atoms with Crippen molar-refractivity contribution >= 4 is 23.1 Å². The number of aromatic nitrogens is 1. The van der Waals surface area contributed by atoms with E-state index in [0.29, 0.717) is 23.6 Å². The Kier molecular flexibility index (Phi) is 3.89. The van der Waals surface area contributed by atoms with E-state index in [1.165, 1.54) is 6.20 Å². The molecule has 0 saturated carbocycles. The number of nitrogens with two attached hydrogens (primary N) is 2. The minimum absolute atomic E-state index is 0.329. The molecule has 1 aromatic heterocycles. The van der Waals surface area contributed by atoms with E-state index in [0.717, 1.165) is 11.3 Å². The number of hydrogen-bond acceptors (Lipinski definition) is 4. The molecule has 5 heteroatoms. The van der Waals surface area contributed by atoms with Gasteiger partial charge in [-0.25, -0.2) is 4.98 Å². The summed E-state index contributed by atoms with van der Waals surface area (Å²) < 4.78 is 0. The normalized spacial score (nSPS) is 10.3. The smallest absolute Gasteiger partial charge is 0.252 e. The van der Waals surface area contributed by atoms with E-state index in [4.69, 9.17) is 11.5 Å². The first kappa shape index (κ1) is 13.9. The molecule has 0 fully saturated rings. The van der Waals surface area contributed by atoms with Crippen LogP contribution in [0, 0.1) is 6.92 Å². The molecule has 0 atom stereocenters. The first-order valence-corrected chi connectivity index (χ1v) is 6.43. The number of para-hydroxylation sites is 1. The third-order valence-electron chi connectivity index (χ3n) is 3.13. The van der Waals surface area contributed by atoms with E-state index in [9.17, 15) is 4.79 Å². The first-order chi connectivity index (χ1) is 9.54. The van der Waals surface area contributed by atoms with Gasteiger partial charge in [-0.2, -0.15) is 0 Å². The molecule has 0 bridgehead atoms. The zero-order valence-corrected chi connectivity index (χ0v) is 11.6. The van der Waals surface area contributed by atoms with Crippen LogP contribution >= 0.6 is 0 Å². The molecular formula is C15H18N4O. The topological polar surface area (TPSA) is 85.2 Å². The van der Waals surface area contributed by atoms with E-state index in [1.807, 2.05) is 43.0 Å². The van der Waals surface area contributed by atoms with Gasteiger partial charge in [0.05, 0.1) is 17.4 Å². The second-order valence-corrected chi connectivity index (χ2v) is 4.53. The summed E-state index contributed by atoms with van der Waals surface area (Å²) in [5.74, 6) is -0.00432. The average Bonchev–Trinajstić information content (AvgIpc) is 2.42. The number of primary amides is 1. The monoisotopic (exact) mass is 270 g/mol. The number of aryl methyl sites for hydroxylation is 1. The van der Waals surface area contributed by atoms with Gasteiger partial charge in [0.15, 0.2) is 0 Å². The average molecular weight is 270 g/mol. The Morgan fingerprint density at radius 2 is 2.05 bits per heavy atom. The highest BCUT2D eigenvalue weighted by Gasteiger charge is 2.18. The number of pyridine rings is 1. The molecule has 0 spiro atoms. The predicted molar refractivity (Wildman–Crippen MR) is 81.0 cm³/mol. The number of carbonyl (C=O) groups excluding carboxylic acids is 1. The lowest BCUT2D eigenvalue weighted by molar-refractivity contribution is 0.100. The fourth-order valence-electron chi connectivity index (χ4n) is 2.17. The molecule has 0 aliphatic rings. The summed E-state index contributed by atoms with van der Waals surface area (Å²) in [5, 5.41) is 0. The second-order valence-electron chi connectivity index (χ2n) is 4.53. The van der Waals surface area contributed by atoms with Crippen molar-refractivity contribution in [1.82, 2.24) is 4.98 Å². The number of amides is 1. The fourth-order valence-corrected chi connectivity index (χ4v) is 2.17. The molecule has 2 rings (SSSR count). The minimum atomic E-state index is -0.535. The molecule has 20 heavy (non-hydrogen) atoms. The zero-order chi connectivity index (χ0) is 14.7. The number of benzene rings is 1. The number of nitrogens with zero attached hydrogens (tertiary/aromatic N) is 2. The maximum absolute atomic E-state index is 11.6. The van der Waals surface area contributed by atoms with Crippen LogP contribution in [0.4, 0.5) is 17.2 Å². The van der Waals surface area contributed by atoms with Gasteiger partial charge in [-0.3, -0.25) is 4.79 Å². The Morgan fingerprint density at radius 1 is 1.35 bits per heavy atom. The van der Waals surface area contributed by atoms with E-state index in [1.54, 1.807) is 6.07 Å². The highest BCUT2D eigenvalue weighted by Crippen LogP contribution is 2.29. The SMILES string of the molecule is CCN(c1ccccc1C)c1ncc(N)cc1C(N)=O. The van der Waals surface area contributed by atoms with Crippen molar-refractivity contribution in [3.8, 4) is 0 Å². The van der Waals surface area contributed by atoms with Gasteiger partial charge >= 0.3 is 0 Å². The quantitative estimate of drug-likeness (QED) is 0.892. The van der Waals surface area contributed by atoms with Crippen molar-refractivity contribution in [1.29, 1.82) is 0 Å². The lowest BCUT2D eigenvalue weighted by Gasteiger charge is -2.25. The highest BCUT2D eigenvalue weighted by atomic mass is 16.1. The van der Waals surface area contributed by atoms with Crippen LogP contribution in [-0.4, -0.2) is 17.4 Å². The van der Waals surface area contributed by atoms with Crippen LogP contribution in [0.15, 0.2) is 36.5 Å². The minimum Gasteiger partial charge on any atom is -0.397 e. The van der Waals surface area contributed by atoms with E-state index in [-0.39, 0.29) is 0 Å². The molecule has 1 amide bonds. The van der Waals surface area contributed by atoms with Gasteiger partial charge < -0.3 is 16.4 Å². The molecule has 1 aromatic carbocycles. The molecule has 0 saturated heterocycles. The number of carbonyl (C=O) groups is 1. The Hall–Kier alpha value is -2.56. The Morgan fingerprint density at radius 3 is 2.65 bits per heavy atom. The van der Waals surface area contributed by atoms with Crippen LogP contribution < -0.4 is 16.4 Å². The van der Waals surface area contributed by atoms with Crippen LogP contribution in [0.1, 0.15) is 22.8 Å². The van der Waals surface area contributed by atoms with Crippen molar-refractivity contribution in [3.05, 3.63) is 47.7 Å². The predicted octanol–water partition coefficient (Wildman–Crippen LogP) is 2.23. The van der Waals surface area contributed by atoms with Gasteiger partial charge in [-0.1, -0.05) is 18.2 Å². The van der Waals surface area contributed by atoms with Gasteiger partial charge in [0, 0.05) is 12.2 Å². The molecule has 0 aliphatic heterocycles. The van der Waals surface area contributed by atoms with Crippen LogP contribution in [0.5, 0.6) is 0 Å². The molecule has 5 nitrogen and oxygen atoms in total. The Labute approximate surface area is 118 Å². The second kappa shape index (κ2) is 5.61. The third kappa shape index (κ3) is 2.56. The molecule has 0 radical (unpaired) electrons. The van der Waals surface area contributed by atoms with Crippen molar-refractivity contribution in [2.45, 2.75) is 13.8 Å². The summed E-state index contributed by atoms with van der Waals surface area (Å²) in [6.07, 6.45) is 1.53. The molecule has 2 aromatic rings. The maximum Gasteiger partial charge on any atom is 0.252 e. The highest BCUT2D eigenvalue weighted by molar-refractivity contribution is 5.99. The van der Waals surface area contributed by atoms with E-state index >= 15 is 0 Å². The van der Waals surface area contributed by atoms with Crippen LogP contribution in [-0.2, 0) is 0 Å². The zero-order valence-electron chi connectivity index (χ0n) is 11.6. The summed E-state index contributed by atoms with van der Waals surface area (Å²) in [7, 11) is 0. The third-order valence-corrected chi connectivity index (χ3v) is 3.13. The summed E-state index contributed by atoms with van der Waals surface area (Å²) in [6, 6.07) is 9.48. The summed E-state index contributed by atoms with van der Waals surface area (Å²) in [4.78, 5) is 17.9. The van der Waals surface area contributed by atoms with Gasteiger partial charge in [0.25, 0.3) is 5.91 Å². The summed E-state index contributed by atoms with van der Waals surface area (Å²) in [6.45, 7) is 4.68. The fraction of sp³-hybridized carbons (Fsp3) is 0.200. The number of rotatable bonds is 4. The summed E-state index contributed by atoms with van der Waals surface area (Å²) >= 11 is 0. The van der Waals surface area contributed by atoms with E-state index in [2.05, 4.69) is 4.98 Å². The number of nitrogen functional groups attached to an aromatic ring is 1. The molecular weight excluding hydrogens is 252 g/mol. The van der Waals surface area contributed by atoms with Crippen molar-refractivity contribution < 1.29 is 4.79 Å². The van der Waals surface area contributed by atoms with Gasteiger partial charge in [-0.05, 0) is 31.5 Å². The molecule has 0 unspecified atom stereocenters. The first-order valence-electron chi connectivity index (χ1n) is 6.43. The number of hydrogen-bond donors (Lipinski definition) is 2. The van der Waals surface area contributed by atoms with Crippen LogP contribution in [0.25, 0.3) is 0 Å². The van der Waals surface area contributed by atoms with Crippen molar-refractivity contribution in [2.24, 2.45) is 5.73 Å². The largest absolute Gasteiger partial charge is 0.397 e. The molecule has 104 valence electrons. The lowest BCUT2D eigenvalue weighted by atomic mass is 10.1. The van der Waals surface area contributed by atoms with E-state index < -0.39 is 5.91 Å². The lowest BCUT2D eigenvalue weighted by Crippen LogP contribution is -2.24. The van der Waals surface area contributed by atoms with Crippen LogP contribution in [0.3, 0.4) is 0 Å². The van der Waals surface area contributed by atoms with Gasteiger partial charge in [0.2, 0.25) is 0 Å². The maximum atomic E-state index is 11.6. The van der Waals surface area contributed by atoms with Crippen molar-refractivity contribution in [3.63, 3.8) is 0 Å². The number of anilines is 3. The summed E-state index contributed by atoms with van der Waals surface area (Å²) in [5.41, 5.74) is 14.0. The Bertz CT molecular complexity index is 640. The molecule has 0 aliphatic carbocycles. The van der Waals surface area contributed by atoms with Crippen molar-refractivity contribution in [2.75, 3.05) is 17.2 Å².